The number of nitrogens with one attached hydrogen (secondary N) is 1. The van der Waals surface area contributed by atoms with Crippen molar-refractivity contribution in [2.24, 2.45) is 0 Å². The Balaban J connectivity index is 1.94. The third kappa shape index (κ3) is 3.48. The number of rotatable bonds is 7. The van der Waals surface area contributed by atoms with E-state index in [2.05, 4.69) is 36.5 Å². The van der Waals surface area contributed by atoms with Gasteiger partial charge in [-0.1, -0.05) is 19.1 Å². The summed E-state index contributed by atoms with van der Waals surface area (Å²) in [5, 5.41) is 12.0. The molecular formula is C16H22N2O. The molecular weight excluding hydrogens is 236 g/mol. The zero-order valence-electron chi connectivity index (χ0n) is 11.6. The highest BCUT2D eigenvalue weighted by Gasteiger charge is 2.24. The predicted octanol–water partition coefficient (Wildman–Crippen LogP) is 3.36. The van der Waals surface area contributed by atoms with E-state index in [1.807, 2.05) is 0 Å². The zero-order chi connectivity index (χ0) is 13.5. The molecule has 0 saturated carbocycles. The summed E-state index contributed by atoms with van der Waals surface area (Å²) in [4.78, 5) is 0. The van der Waals surface area contributed by atoms with Crippen LogP contribution in [0.4, 0.5) is 0 Å². The highest BCUT2D eigenvalue weighted by molar-refractivity contribution is 5.45. The Labute approximate surface area is 115 Å². The summed E-state index contributed by atoms with van der Waals surface area (Å²) in [6, 6.07) is 9.01. The molecule has 0 bridgehead atoms. The number of unbranched alkanes of at least 4 members (excludes halogenated alkanes) is 2. The summed E-state index contributed by atoms with van der Waals surface area (Å²) in [6.45, 7) is 3.86. The van der Waals surface area contributed by atoms with Crippen molar-refractivity contribution in [3.05, 3.63) is 29.3 Å². The van der Waals surface area contributed by atoms with Gasteiger partial charge in [0.05, 0.1) is 12.7 Å². The molecule has 0 heterocycles. The lowest BCUT2D eigenvalue weighted by atomic mass is 10.1. The number of benzene rings is 1. The number of fused-ring (bicyclic) bond motifs is 1. The summed E-state index contributed by atoms with van der Waals surface area (Å²) in [5.74, 6) is 1.04. The number of hydrogen-bond acceptors (Lipinski definition) is 3. The average Bonchev–Trinajstić information content (AvgIpc) is 2.83. The van der Waals surface area contributed by atoms with Gasteiger partial charge >= 0.3 is 0 Å². The van der Waals surface area contributed by atoms with Crippen LogP contribution in [0.15, 0.2) is 18.2 Å². The van der Waals surface area contributed by atoms with Crippen molar-refractivity contribution in [2.45, 2.75) is 45.1 Å². The molecule has 0 fully saturated rings. The van der Waals surface area contributed by atoms with Crippen LogP contribution in [0, 0.1) is 11.3 Å². The quantitative estimate of drug-likeness (QED) is 0.763. The zero-order valence-corrected chi connectivity index (χ0v) is 11.6. The monoisotopic (exact) mass is 258 g/mol. The maximum absolute atomic E-state index is 8.49. The van der Waals surface area contributed by atoms with Gasteiger partial charge in [-0.3, -0.25) is 0 Å². The van der Waals surface area contributed by atoms with E-state index in [0.29, 0.717) is 19.1 Å². The second kappa shape index (κ2) is 7.16. The van der Waals surface area contributed by atoms with Gasteiger partial charge in [0.25, 0.3) is 0 Å². The SMILES string of the molecule is CCNC1CCc2c(OCCCCC#N)cccc21. The first-order chi connectivity index (χ1) is 9.36. The summed E-state index contributed by atoms with van der Waals surface area (Å²) in [5.41, 5.74) is 2.77. The van der Waals surface area contributed by atoms with Crippen LogP contribution in [-0.4, -0.2) is 13.2 Å². The summed E-state index contributed by atoms with van der Waals surface area (Å²) in [6.07, 6.45) is 4.76. The van der Waals surface area contributed by atoms with Gasteiger partial charge in [0.15, 0.2) is 0 Å². The molecule has 0 saturated heterocycles. The molecule has 0 spiro atoms. The molecule has 3 heteroatoms. The molecule has 3 nitrogen and oxygen atoms in total. The Morgan fingerprint density at radius 2 is 2.32 bits per heavy atom. The first-order valence-electron chi connectivity index (χ1n) is 7.21. The lowest BCUT2D eigenvalue weighted by Crippen LogP contribution is -2.18. The van der Waals surface area contributed by atoms with Crippen molar-refractivity contribution in [3.63, 3.8) is 0 Å². The van der Waals surface area contributed by atoms with E-state index >= 15 is 0 Å². The van der Waals surface area contributed by atoms with Crippen molar-refractivity contribution in [2.75, 3.05) is 13.2 Å². The first kappa shape index (κ1) is 13.9. The average molecular weight is 258 g/mol. The lowest BCUT2D eigenvalue weighted by molar-refractivity contribution is 0.305. The van der Waals surface area contributed by atoms with Crippen LogP contribution in [0.1, 0.15) is 49.8 Å². The lowest BCUT2D eigenvalue weighted by Gasteiger charge is -2.14. The topological polar surface area (TPSA) is 45.0 Å². The van der Waals surface area contributed by atoms with Crippen molar-refractivity contribution < 1.29 is 4.74 Å². The van der Waals surface area contributed by atoms with E-state index in [1.54, 1.807) is 0 Å². The fraction of sp³-hybridized carbons (Fsp3) is 0.562. The molecule has 0 radical (unpaired) electrons. The van der Waals surface area contributed by atoms with E-state index in [0.717, 1.165) is 38.0 Å². The summed E-state index contributed by atoms with van der Waals surface area (Å²) >= 11 is 0. The molecule has 1 aliphatic carbocycles. The van der Waals surface area contributed by atoms with Crippen LogP contribution in [0.2, 0.25) is 0 Å². The molecule has 1 aromatic carbocycles. The largest absolute Gasteiger partial charge is 0.493 e. The molecule has 19 heavy (non-hydrogen) atoms. The van der Waals surface area contributed by atoms with Gasteiger partial charge in [-0.15, -0.1) is 0 Å². The molecule has 2 rings (SSSR count). The third-order valence-corrected chi connectivity index (χ3v) is 3.62. The standard InChI is InChI=1S/C16H22N2O/c1-2-18-15-10-9-14-13(15)7-6-8-16(14)19-12-5-3-4-11-17/h6-8,15,18H,2-5,9-10,12H2,1H3. The second-order valence-corrected chi connectivity index (χ2v) is 4.94. The summed E-state index contributed by atoms with van der Waals surface area (Å²) < 4.78 is 5.88. The molecule has 0 aromatic heterocycles. The number of nitrogens with zero attached hydrogens (tertiary/aromatic N) is 1. The van der Waals surface area contributed by atoms with E-state index in [1.165, 1.54) is 11.1 Å². The minimum Gasteiger partial charge on any atom is -0.493 e. The van der Waals surface area contributed by atoms with Crippen molar-refractivity contribution in [3.8, 4) is 11.8 Å². The van der Waals surface area contributed by atoms with Crippen LogP contribution >= 0.6 is 0 Å². The fourth-order valence-electron chi connectivity index (χ4n) is 2.70. The van der Waals surface area contributed by atoms with E-state index in [-0.39, 0.29) is 0 Å². The Kier molecular flexibility index (Phi) is 5.23. The maximum atomic E-state index is 8.49. The van der Waals surface area contributed by atoms with Gasteiger partial charge in [-0.2, -0.15) is 5.26 Å². The van der Waals surface area contributed by atoms with Crippen LogP contribution in [0.25, 0.3) is 0 Å². The van der Waals surface area contributed by atoms with Gasteiger partial charge in [-0.25, -0.2) is 0 Å². The maximum Gasteiger partial charge on any atom is 0.122 e. The van der Waals surface area contributed by atoms with Crippen molar-refractivity contribution in [1.29, 1.82) is 5.26 Å². The van der Waals surface area contributed by atoms with E-state index in [4.69, 9.17) is 10.00 Å². The second-order valence-electron chi connectivity index (χ2n) is 4.94. The third-order valence-electron chi connectivity index (χ3n) is 3.62. The molecule has 1 N–H and O–H groups in total. The van der Waals surface area contributed by atoms with Gasteiger partial charge in [0.1, 0.15) is 5.75 Å². The minimum absolute atomic E-state index is 0.488. The van der Waals surface area contributed by atoms with Crippen molar-refractivity contribution in [1.82, 2.24) is 5.32 Å². The van der Waals surface area contributed by atoms with Gasteiger partial charge in [-0.05, 0) is 49.4 Å². The summed E-state index contributed by atoms with van der Waals surface area (Å²) in [7, 11) is 0. The van der Waals surface area contributed by atoms with E-state index in [9.17, 15) is 0 Å². The molecule has 0 aliphatic heterocycles. The number of ether oxygens (including phenoxy) is 1. The van der Waals surface area contributed by atoms with Gasteiger partial charge < -0.3 is 10.1 Å². The minimum atomic E-state index is 0.488. The van der Waals surface area contributed by atoms with Crippen LogP contribution < -0.4 is 10.1 Å². The fourth-order valence-corrected chi connectivity index (χ4v) is 2.70. The molecule has 1 aromatic rings. The van der Waals surface area contributed by atoms with Crippen molar-refractivity contribution >= 4 is 0 Å². The van der Waals surface area contributed by atoms with Crippen LogP contribution in [0.5, 0.6) is 5.75 Å². The van der Waals surface area contributed by atoms with Crippen LogP contribution in [-0.2, 0) is 6.42 Å². The van der Waals surface area contributed by atoms with Gasteiger partial charge in [0.2, 0.25) is 0 Å². The number of nitriles is 1. The smallest absolute Gasteiger partial charge is 0.122 e. The highest BCUT2D eigenvalue weighted by atomic mass is 16.5. The van der Waals surface area contributed by atoms with Crippen LogP contribution in [0.3, 0.4) is 0 Å². The molecule has 1 atom stereocenters. The highest BCUT2D eigenvalue weighted by Crippen LogP contribution is 2.36. The Morgan fingerprint density at radius 3 is 3.11 bits per heavy atom. The normalized spacial score (nSPS) is 16.9. The Bertz CT molecular complexity index is 451. The molecule has 1 aliphatic rings. The molecule has 0 amide bonds. The Morgan fingerprint density at radius 1 is 1.42 bits per heavy atom. The molecule has 102 valence electrons. The first-order valence-corrected chi connectivity index (χ1v) is 7.21. The predicted molar refractivity (Wildman–Crippen MR) is 76.1 cm³/mol. The van der Waals surface area contributed by atoms with E-state index < -0.39 is 0 Å². The van der Waals surface area contributed by atoms with Gasteiger partial charge in [0, 0.05) is 12.5 Å². The Hall–Kier alpha value is -1.53. The number of hydrogen-bond donors (Lipinski definition) is 1. The molecule has 1 unspecified atom stereocenters.